The van der Waals surface area contributed by atoms with Gasteiger partial charge in [-0.05, 0) is 43.5 Å². The highest BCUT2D eigenvalue weighted by Crippen LogP contribution is 2.06. The third-order valence-electron chi connectivity index (χ3n) is 2.29. The lowest BCUT2D eigenvalue weighted by atomic mass is 10.1. The highest BCUT2D eigenvalue weighted by atomic mass is 16.3. The van der Waals surface area contributed by atoms with Gasteiger partial charge < -0.3 is 10.1 Å². The lowest BCUT2D eigenvalue weighted by Gasteiger charge is -2.00. The zero-order valence-electron chi connectivity index (χ0n) is 9.67. The zero-order chi connectivity index (χ0) is 11.4. The third kappa shape index (κ3) is 3.66. The number of aliphatic hydroxyl groups is 1. The highest BCUT2D eigenvalue weighted by molar-refractivity contribution is 5.25. The quantitative estimate of drug-likeness (QED) is 0.727. The summed E-state index contributed by atoms with van der Waals surface area (Å²) in [7, 11) is 0. The number of aromatic amines is 1. The van der Waals surface area contributed by atoms with Crippen LogP contribution in [-0.2, 0) is 0 Å². The van der Waals surface area contributed by atoms with Crippen LogP contribution in [0.1, 0.15) is 26.0 Å². The number of allylic oxidation sites excluding steroid dienone is 2. The molecule has 0 bridgehead atoms. The molecule has 1 atom stereocenters. The number of H-pyrrole nitrogens is 1. The summed E-state index contributed by atoms with van der Waals surface area (Å²) in [5, 5.41) is 11.2. The average Bonchev–Trinajstić information content (AvgIpc) is 2.40. The summed E-state index contributed by atoms with van der Waals surface area (Å²) in [4.78, 5) is 3.25. The Kier molecular flexibility index (Phi) is 3.78. The normalized spacial score (nSPS) is 15.7. The molecule has 0 saturated heterocycles. The van der Waals surface area contributed by atoms with Crippen LogP contribution >= 0.6 is 0 Å². The van der Waals surface area contributed by atoms with E-state index in [-0.39, 0.29) is 0 Å². The molecular weight excluding hydrogens is 186 g/mol. The number of aromatic nitrogens is 1. The maximum Gasteiger partial charge on any atom is 0.0854 e. The van der Waals surface area contributed by atoms with Crippen LogP contribution in [0.25, 0.3) is 12.7 Å². The van der Waals surface area contributed by atoms with Crippen LogP contribution in [0.2, 0.25) is 0 Å². The van der Waals surface area contributed by atoms with Gasteiger partial charge >= 0.3 is 0 Å². The van der Waals surface area contributed by atoms with Gasteiger partial charge in [-0.1, -0.05) is 19.6 Å². The minimum atomic E-state index is 0.345. The van der Waals surface area contributed by atoms with Crippen molar-refractivity contribution in [3.05, 3.63) is 34.2 Å². The predicted octanol–water partition coefficient (Wildman–Crippen LogP) is 2.00. The first-order valence-corrected chi connectivity index (χ1v) is 5.21. The summed E-state index contributed by atoms with van der Waals surface area (Å²) in [5.74, 6) is 0.728. The van der Waals surface area contributed by atoms with Crippen molar-refractivity contribution in [1.29, 1.82) is 0 Å². The number of nitrogens with one attached hydrogen (secondary N) is 1. The average molecular weight is 205 g/mol. The summed E-state index contributed by atoms with van der Waals surface area (Å²) < 4.78 is 0. The van der Waals surface area contributed by atoms with E-state index in [0.717, 1.165) is 22.7 Å². The van der Waals surface area contributed by atoms with E-state index in [4.69, 9.17) is 5.11 Å². The molecule has 0 aliphatic rings. The molecule has 2 nitrogen and oxygen atoms in total. The van der Waals surface area contributed by atoms with Gasteiger partial charge in [-0.3, -0.25) is 0 Å². The maximum atomic E-state index is 9.11. The Balaban J connectivity index is 2.78. The van der Waals surface area contributed by atoms with E-state index in [1.54, 1.807) is 6.92 Å². The van der Waals surface area contributed by atoms with Gasteiger partial charge in [0.1, 0.15) is 0 Å². The van der Waals surface area contributed by atoms with E-state index < -0.39 is 0 Å². The van der Waals surface area contributed by atoms with E-state index in [1.807, 2.05) is 19.1 Å². The molecule has 0 aliphatic carbocycles. The van der Waals surface area contributed by atoms with Gasteiger partial charge in [-0.15, -0.1) is 0 Å². The molecule has 2 heteroatoms. The van der Waals surface area contributed by atoms with Crippen LogP contribution in [0.15, 0.2) is 17.9 Å². The Labute approximate surface area is 90.7 Å². The van der Waals surface area contributed by atoms with E-state index in [0.29, 0.717) is 11.7 Å². The monoisotopic (exact) mass is 205 g/mol. The molecule has 0 spiro atoms. The molecule has 1 heterocycles. The predicted molar refractivity (Wildman–Crippen MR) is 64.9 cm³/mol. The number of hydrogen-bond donors (Lipinski definition) is 2. The zero-order valence-corrected chi connectivity index (χ0v) is 9.67. The van der Waals surface area contributed by atoms with Gasteiger partial charge in [-0.2, -0.15) is 0 Å². The van der Waals surface area contributed by atoms with Gasteiger partial charge in [0.25, 0.3) is 0 Å². The summed E-state index contributed by atoms with van der Waals surface area (Å²) in [6.07, 6.45) is 4.88. The first-order valence-electron chi connectivity index (χ1n) is 5.21. The lowest BCUT2D eigenvalue weighted by Crippen LogP contribution is -2.20. The molecule has 0 aromatic carbocycles. The van der Waals surface area contributed by atoms with E-state index in [1.165, 1.54) is 0 Å². The fraction of sp³-hybridized carbons (Fsp3) is 0.385. The van der Waals surface area contributed by atoms with Crippen LogP contribution in [0.5, 0.6) is 0 Å². The molecule has 1 aromatic heterocycles. The van der Waals surface area contributed by atoms with Crippen molar-refractivity contribution in [2.45, 2.75) is 27.2 Å². The van der Waals surface area contributed by atoms with E-state index in [2.05, 4.69) is 24.6 Å². The maximum absolute atomic E-state index is 9.11. The molecule has 0 aliphatic heterocycles. The fourth-order valence-corrected chi connectivity index (χ4v) is 1.63. The van der Waals surface area contributed by atoms with Crippen molar-refractivity contribution in [2.75, 3.05) is 0 Å². The van der Waals surface area contributed by atoms with Gasteiger partial charge in [0, 0.05) is 11.0 Å². The standard InChI is InChI=1S/C13H19NO/c1-9(7-12(4)15)5-6-13-10(2)8-11(3)14-13/h6-9,14-15H,2,5H2,1,3-4H3/b12-7+,13-6-. The smallest absolute Gasteiger partial charge is 0.0854 e. The van der Waals surface area contributed by atoms with Crippen LogP contribution in [0, 0.1) is 12.8 Å². The second kappa shape index (κ2) is 4.87. The molecule has 15 heavy (non-hydrogen) atoms. The molecule has 82 valence electrons. The third-order valence-corrected chi connectivity index (χ3v) is 2.29. The lowest BCUT2D eigenvalue weighted by molar-refractivity contribution is 0.407. The molecule has 1 rings (SSSR count). The largest absolute Gasteiger partial charge is 0.513 e. The topological polar surface area (TPSA) is 36.0 Å². The molecule has 1 unspecified atom stereocenters. The Morgan fingerprint density at radius 1 is 1.67 bits per heavy atom. The van der Waals surface area contributed by atoms with E-state index in [9.17, 15) is 0 Å². The summed E-state index contributed by atoms with van der Waals surface area (Å²) in [5.41, 5.74) is 1.13. The minimum Gasteiger partial charge on any atom is -0.513 e. The molecule has 0 radical (unpaired) electrons. The molecule has 0 amide bonds. The fourth-order valence-electron chi connectivity index (χ4n) is 1.63. The summed E-state index contributed by atoms with van der Waals surface area (Å²) in [6.45, 7) is 9.75. The molecule has 2 N–H and O–H groups in total. The van der Waals surface area contributed by atoms with Gasteiger partial charge in [0.05, 0.1) is 5.76 Å². The van der Waals surface area contributed by atoms with Crippen molar-refractivity contribution in [1.82, 2.24) is 4.98 Å². The van der Waals surface area contributed by atoms with Crippen molar-refractivity contribution < 1.29 is 5.11 Å². The number of hydrogen-bond acceptors (Lipinski definition) is 1. The van der Waals surface area contributed by atoms with Crippen molar-refractivity contribution in [2.24, 2.45) is 5.92 Å². The first kappa shape index (κ1) is 11.6. The Bertz CT molecular complexity index is 449. The van der Waals surface area contributed by atoms with Crippen LogP contribution in [0.3, 0.4) is 0 Å². The van der Waals surface area contributed by atoms with Gasteiger partial charge in [0.15, 0.2) is 0 Å². The minimum absolute atomic E-state index is 0.345. The Morgan fingerprint density at radius 2 is 2.33 bits per heavy atom. The summed E-state index contributed by atoms with van der Waals surface area (Å²) in [6, 6.07) is 2.03. The van der Waals surface area contributed by atoms with Crippen molar-refractivity contribution in [3.63, 3.8) is 0 Å². The SMILES string of the molecule is C=c1cc(C)[nH]/c1=C\CC(C)/C=C(\C)O. The second-order valence-electron chi connectivity index (χ2n) is 4.12. The molecule has 1 aromatic rings. The summed E-state index contributed by atoms with van der Waals surface area (Å²) >= 11 is 0. The van der Waals surface area contributed by atoms with Crippen LogP contribution < -0.4 is 10.6 Å². The van der Waals surface area contributed by atoms with Crippen molar-refractivity contribution >= 4 is 12.7 Å². The number of aliphatic hydroxyl groups excluding tert-OH is 1. The molecule has 0 fully saturated rings. The van der Waals surface area contributed by atoms with Gasteiger partial charge in [0.2, 0.25) is 0 Å². The second-order valence-corrected chi connectivity index (χ2v) is 4.12. The number of rotatable bonds is 3. The highest BCUT2D eigenvalue weighted by Gasteiger charge is 1.96. The molecule has 0 saturated carbocycles. The van der Waals surface area contributed by atoms with Crippen LogP contribution in [-0.4, -0.2) is 10.1 Å². The van der Waals surface area contributed by atoms with Gasteiger partial charge in [-0.25, -0.2) is 0 Å². The first-order chi connectivity index (χ1) is 6.99. The van der Waals surface area contributed by atoms with Crippen LogP contribution in [0.4, 0.5) is 0 Å². The Hall–Kier alpha value is -1.44. The van der Waals surface area contributed by atoms with E-state index >= 15 is 0 Å². The Morgan fingerprint density at radius 3 is 2.80 bits per heavy atom. The number of aryl methyl sites for hydroxylation is 1. The molecular formula is C13H19NO. The van der Waals surface area contributed by atoms with Crippen molar-refractivity contribution in [3.8, 4) is 0 Å².